The molecule has 3 nitrogen and oxygen atoms in total. The standard InChI is InChI=1S/C14H21N3/c1-11-12(10-15-13-5-6-13)4-7-14(16-11)17-8-2-3-9-17/h4,7,13,15H,2-3,5-6,8-10H2,1H3. The van der Waals surface area contributed by atoms with E-state index in [2.05, 4.69) is 29.3 Å². The molecule has 1 aromatic rings. The molecule has 1 saturated heterocycles. The maximum atomic E-state index is 4.74. The van der Waals surface area contributed by atoms with E-state index >= 15 is 0 Å². The summed E-state index contributed by atoms with van der Waals surface area (Å²) in [7, 11) is 0. The Morgan fingerprint density at radius 1 is 1.29 bits per heavy atom. The van der Waals surface area contributed by atoms with Gasteiger partial charge in [0.05, 0.1) is 0 Å². The van der Waals surface area contributed by atoms with E-state index in [4.69, 9.17) is 4.98 Å². The van der Waals surface area contributed by atoms with E-state index < -0.39 is 0 Å². The van der Waals surface area contributed by atoms with E-state index in [0.29, 0.717) is 0 Å². The predicted octanol–water partition coefficient (Wildman–Crippen LogP) is 2.24. The Balaban J connectivity index is 1.68. The highest BCUT2D eigenvalue weighted by Gasteiger charge is 2.20. The number of aryl methyl sites for hydroxylation is 1. The maximum absolute atomic E-state index is 4.74. The zero-order valence-electron chi connectivity index (χ0n) is 10.6. The largest absolute Gasteiger partial charge is 0.357 e. The van der Waals surface area contributed by atoms with E-state index in [1.165, 1.54) is 50.0 Å². The highest BCUT2D eigenvalue weighted by molar-refractivity contribution is 5.42. The summed E-state index contributed by atoms with van der Waals surface area (Å²) >= 11 is 0. The van der Waals surface area contributed by atoms with Crippen LogP contribution in [0, 0.1) is 6.92 Å². The molecule has 0 amide bonds. The highest BCUT2D eigenvalue weighted by Crippen LogP contribution is 2.22. The third-order valence-electron chi connectivity index (χ3n) is 3.77. The van der Waals surface area contributed by atoms with Crippen molar-refractivity contribution in [3.63, 3.8) is 0 Å². The third kappa shape index (κ3) is 2.60. The fraction of sp³-hybridized carbons (Fsp3) is 0.643. The molecule has 1 aromatic heterocycles. The summed E-state index contributed by atoms with van der Waals surface area (Å²) in [4.78, 5) is 7.13. The summed E-state index contributed by atoms with van der Waals surface area (Å²) in [5, 5.41) is 3.55. The number of rotatable bonds is 4. The number of anilines is 1. The van der Waals surface area contributed by atoms with Gasteiger partial charge in [-0.05, 0) is 44.2 Å². The molecule has 1 aliphatic carbocycles. The van der Waals surface area contributed by atoms with Crippen molar-refractivity contribution >= 4 is 5.82 Å². The van der Waals surface area contributed by atoms with E-state index in [1.807, 2.05) is 0 Å². The van der Waals surface area contributed by atoms with Gasteiger partial charge >= 0.3 is 0 Å². The molecule has 92 valence electrons. The lowest BCUT2D eigenvalue weighted by Crippen LogP contribution is -2.20. The second-order valence-corrected chi connectivity index (χ2v) is 5.26. The van der Waals surface area contributed by atoms with Crippen LogP contribution in [0.15, 0.2) is 12.1 Å². The lowest BCUT2D eigenvalue weighted by Gasteiger charge is -2.18. The van der Waals surface area contributed by atoms with E-state index in [1.54, 1.807) is 0 Å². The zero-order chi connectivity index (χ0) is 11.7. The molecule has 2 heterocycles. The molecule has 0 bridgehead atoms. The molecular formula is C14H21N3. The third-order valence-corrected chi connectivity index (χ3v) is 3.77. The fourth-order valence-electron chi connectivity index (χ4n) is 2.43. The lowest BCUT2D eigenvalue weighted by molar-refractivity contribution is 0.682. The van der Waals surface area contributed by atoms with Gasteiger partial charge in [0.1, 0.15) is 5.82 Å². The SMILES string of the molecule is Cc1nc(N2CCCC2)ccc1CNC1CC1. The van der Waals surface area contributed by atoms with Gasteiger partial charge in [0.2, 0.25) is 0 Å². The molecule has 0 aromatic carbocycles. The van der Waals surface area contributed by atoms with Crippen molar-refractivity contribution in [2.24, 2.45) is 0 Å². The Hall–Kier alpha value is -1.09. The molecule has 0 unspecified atom stereocenters. The Morgan fingerprint density at radius 2 is 2.06 bits per heavy atom. The van der Waals surface area contributed by atoms with Gasteiger partial charge in [-0.3, -0.25) is 0 Å². The topological polar surface area (TPSA) is 28.2 Å². The average Bonchev–Trinajstić information content (AvgIpc) is 3.00. The van der Waals surface area contributed by atoms with Crippen LogP contribution in [0.3, 0.4) is 0 Å². The second-order valence-electron chi connectivity index (χ2n) is 5.26. The normalized spacial score (nSPS) is 19.9. The molecule has 17 heavy (non-hydrogen) atoms. The fourth-order valence-corrected chi connectivity index (χ4v) is 2.43. The molecule has 2 fully saturated rings. The van der Waals surface area contributed by atoms with Crippen LogP contribution in [0.4, 0.5) is 5.82 Å². The van der Waals surface area contributed by atoms with Crippen molar-refractivity contribution in [2.45, 2.75) is 45.2 Å². The molecule has 3 rings (SSSR count). The van der Waals surface area contributed by atoms with Crippen LogP contribution in [0.1, 0.15) is 36.9 Å². The molecular weight excluding hydrogens is 210 g/mol. The van der Waals surface area contributed by atoms with Gasteiger partial charge in [0.25, 0.3) is 0 Å². The van der Waals surface area contributed by atoms with Crippen LogP contribution in [0.2, 0.25) is 0 Å². The van der Waals surface area contributed by atoms with Crippen LogP contribution < -0.4 is 10.2 Å². The zero-order valence-corrected chi connectivity index (χ0v) is 10.6. The predicted molar refractivity (Wildman–Crippen MR) is 70.3 cm³/mol. The van der Waals surface area contributed by atoms with Crippen LogP contribution in [0.5, 0.6) is 0 Å². The van der Waals surface area contributed by atoms with Crippen LogP contribution in [-0.4, -0.2) is 24.1 Å². The summed E-state index contributed by atoms with van der Waals surface area (Å²) < 4.78 is 0. The summed E-state index contributed by atoms with van der Waals surface area (Å²) in [6.45, 7) is 5.45. The number of pyridine rings is 1. The van der Waals surface area contributed by atoms with Gasteiger partial charge in [-0.25, -0.2) is 4.98 Å². The molecule has 0 radical (unpaired) electrons. The number of hydrogen-bond acceptors (Lipinski definition) is 3. The van der Waals surface area contributed by atoms with Gasteiger partial charge in [-0.15, -0.1) is 0 Å². The highest BCUT2D eigenvalue weighted by atomic mass is 15.2. The Bertz CT molecular complexity index is 392. The monoisotopic (exact) mass is 231 g/mol. The summed E-state index contributed by atoms with van der Waals surface area (Å²) in [5.74, 6) is 1.16. The van der Waals surface area contributed by atoms with Crippen LogP contribution in [0.25, 0.3) is 0 Å². The quantitative estimate of drug-likeness (QED) is 0.861. The molecule has 3 heteroatoms. The van der Waals surface area contributed by atoms with Gasteiger partial charge in [0.15, 0.2) is 0 Å². The van der Waals surface area contributed by atoms with Crippen molar-refractivity contribution in [3.05, 3.63) is 23.4 Å². The molecule has 1 saturated carbocycles. The van der Waals surface area contributed by atoms with Crippen molar-refractivity contribution in [1.82, 2.24) is 10.3 Å². The van der Waals surface area contributed by atoms with Gasteiger partial charge in [0, 0.05) is 31.4 Å². The molecule has 0 spiro atoms. The molecule has 0 atom stereocenters. The number of nitrogens with one attached hydrogen (secondary N) is 1. The van der Waals surface area contributed by atoms with Gasteiger partial charge < -0.3 is 10.2 Å². The second kappa shape index (κ2) is 4.65. The Labute approximate surface area is 103 Å². The van der Waals surface area contributed by atoms with Crippen molar-refractivity contribution in [2.75, 3.05) is 18.0 Å². The van der Waals surface area contributed by atoms with Crippen molar-refractivity contribution < 1.29 is 0 Å². The van der Waals surface area contributed by atoms with E-state index in [9.17, 15) is 0 Å². The van der Waals surface area contributed by atoms with Crippen molar-refractivity contribution in [3.8, 4) is 0 Å². The number of hydrogen-bond donors (Lipinski definition) is 1. The number of aromatic nitrogens is 1. The Morgan fingerprint density at radius 3 is 2.71 bits per heavy atom. The van der Waals surface area contributed by atoms with Crippen molar-refractivity contribution in [1.29, 1.82) is 0 Å². The maximum Gasteiger partial charge on any atom is 0.128 e. The molecule has 2 aliphatic rings. The summed E-state index contributed by atoms with van der Waals surface area (Å²) in [5.41, 5.74) is 2.53. The average molecular weight is 231 g/mol. The summed E-state index contributed by atoms with van der Waals surface area (Å²) in [6.07, 6.45) is 5.31. The van der Waals surface area contributed by atoms with Gasteiger partial charge in [-0.2, -0.15) is 0 Å². The Kier molecular flexibility index (Phi) is 3.02. The number of nitrogens with zero attached hydrogens (tertiary/aromatic N) is 2. The van der Waals surface area contributed by atoms with Crippen LogP contribution >= 0.6 is 0 Å². The molecule has 1 N–H and O–H groups in total. The van der Waals surface area contributed by atoms with Gasteiger partial charge in [-0.1, -0.05) is 6.07 Å². The minimum absolute atomic E-state index is 0.771. The first kappa shape index (κ1) is 11.0. The minimum Gasteiger partial charge on any atom is -0.357 e. The first-order valence-corrected chi connectivity index (χ1v) is 6.78. The lowest BCUT2D eigenvalue weighted by atomic mass is 10.2. The van der Waals surface area contributed by atoms with E-state index in [0.717, 1.165) is 18.4 Å². The first-order chi connectivity index (χ1) is 8.33. The first-order valence-electron chi connectivity index (χ1n) is 6.78. The minimum atomic E-state index is 0.771. The smallest absolute Gasteiger partial charge is 0.128 e. The van der Waals surface area contributed by atoms with E-state index in [-0.39, 0.29) is 0 Å². The molecule has 1 aliphatic heterocycles. The van der Waals surface area contributed by atoms with Crippen LogP contribution in [-0.2, 0) is 6.54 Å². The summed E-state index contributed by atoms with van der Waals surface area (Å²) in [6, 6.07) is 5.20.